The summed E-state index contributed by atoms with van der Waals surface area (Å²) in [5.74, 6) is 0.969. The van der Waals surface area contributed by atoms with Crippen LogP contribution in [-0.4, -0.2) is 28.0 Å². The second kappa shape index (κ2) is 3.68. The zero-order chi connectivity index (χ0) is 10.3. The van der Waals surface area contributed by atoms with E-state index in [1.807, 2.05) is 6.20 Å². The van der Waals surface area contributed by atoms with Gasteiger partial charge in [0.25, 0.3) is 0 Å². The fourth-order valence-corrected chi connectivity index (χ4v) is 2.39. The van der Waals surface area contributed by atoms with E-state index in [4.69, 9.17) is 12.2 Å². The van der Waals surface area contributed by atoms with Crippen molar-refractivity contribution in [2.75, 3.05) is 13.1 Å². The van der Waals surface area contributed by atoms with Crippen LogP contribution in [-0.2, 0) is 13.0 Å². The van der Waals surface area contributed by atoms with Gasteiger partial charge in [-0.15, -0.1) is 0 Å². The molecule has 0 amide bonds. The molecule has 1 aromatic heterocycles. The monoisotopic (exact) mass is 221 g/mol. The average Bonchev–Trinajstić information content (AvgIpc) is 3.01. The van der Waals surface area contributed by atoms with Crippen molar-refractivity contribution in [1.82, 2.24) is 14.9 Å². The number of aromatic nitrogens is 2. The molecule has 1 saturated carbocycles. The Labute approximate surface area is 94.5 Å². The third kappa shape index (κ3) is 2.11. The number of rotatable bonds is 2. The van der Waals surface area contributed by atoms with E-state index >= 15 is 0 Å². The molecule has 0 atom stereocenters. The summed E-state index contributed by atoms with van der Waals surface area (Å²) in [5.41, 5.74) is 2.62. The van der Waals surface area contributed by atoms with Crippen LogP contribution in [0.1, 0.15) is 24.1 Å². The van der Waals surface area contributed by atoms with E-state index in [-0.39, 0.29) is 0 Å². The SMILES string of the molecule is S=c1ncc2c([nH]1)CN(CC1CC1)CC2. The molecule has 0 bridgehead atoms. The topological polar surface area (TPSA) is 31.9 Å². The fourth-order valence-electron chi connectivity index (χ4n) is 2.22. The summed E-state index contributed by atoms with van der Waals surface area (Å²) >= 11 is 5.05. The van der Waals surface area contributed by atoms with Crippen molar-refractivity contribution in [3.63, 3.8) is 0 Å². The van der Waals surface area contributed by atoms with Crippen LogP contribution in [0.3, 0.4) is 0 Å². The highest BCUT2D eigenvalue weighted by Gasteiger charge is 2.26. The van der Waals surface area contributed by atoms with Crippen LogP contribution < -0.4 is 0 Å². The first-order valence-electron chi connectivity index (χ1n) is 5.61. The van der Waals surface area contributed by atoms with Crippen molar-refractivity contribution in [1.29, 1.82) is 0 Å². The zero-order valence-electron chi connectivity index (χ0n) is 8.70. The lowest BCUT2D eigenvalue weighted by molar-refractivity contribution is 0.239. The minimum Gasteiger partial charge on any atom is -0.333 e. The molecule has 3 rings (SSSR count). The Hall–Kier alpha value is -0.740. The lowest BCUT2D eigenvalue weighted by Gasteiger charge is -2.27. The van der Waals surface area contributed by atoms with E-state index in [0.717, 1.165) is 18.9 Å². The normalized spacial score (nSPS) is 21.3. The smallest absolute Gasteiger partial charge is 0.196 e. The highest BCUT2D eigenvalue weighted by atomic mass is 32.1. The number of nitrogens with zero attached hydrogens (tertiary/aromatic N) is 2. The minimum absolute atomic E-state index is 0.613. The summed E-state index contributed by atoms with van der Waals surface area (Å²) < 4.78 is 0.613. The van der Waals surface area contributed by atoms with Crippen LogP contribution in [0.15, 0.2) is 6.20 Å². The van der Waals surface area contributed by atoms with Gasteiger partial charge >= 0.3 is 0 Å². The van der Waals surface area contributed by atoms with Gasteiger partial charge < -0.3 is 4.98 Å². The van der Waals surface area contributed by atoms with E-state index in [1.165, 1.54) is 37.2 Å². The maximum atomic E-state index is 5.05. The quantitative estimate of drug-likeness (QED) is 0.774. The molecule has 15 heavy (non-hydrogen) atoms. The predicted octanol–water partition coefficient (Wildman–Crippen LogP) is 1.91. The third-order valence-electron chi connectivity index (χ3n) is 3.28. The number of hydrogen-bond acceptors (Lipinski definition) is 3. The Bertz CT molecular complexity index is 422. The van der Waals surface area contributed by atoms with Crippen LogP contribution in [0.4, 0.5) is 0 Å². The van der Waals surface area contributed by atoms with Gasteiger partial charge in [0.05, 0.1) is 0 Å². The first-order chi connectivity index (χ1) is 7.31. The van der Waals surface area contributed by atoms with Gasteiger partial charge in [0.1, 0.15) is 0 Å². The third-order valence-corrected chi connectivity index (χ3v) is 3.48. The Morgan fingerprint density at radius 1 is 1.53 bits per heavy atom. The Morgan fingerprint density at radius 3 is 3.20 bits per heavy atom. The summed E-state index contributed by atoms with van der Waals surface area (Å²) in [4.78, 5) is 9.88. The van der Waals surface area contributed by atoms with Crippen LogP contribution in [0.5, 0.6) is 0 Å². The molecule has 0 spiro atoms. The molecule has 0 aromatic carbocycles. The summed E-state index contributed by atoms with van der Waals surface area (Å²) in [5, 5.41) is 0. The van der Waals surface area contributed by atoms with Gasteiger partial charge in [0, 0.05) is 31.5 Å². The number of aromatic amines is 1. The van der Waals surface area contributed by atoms with Crippen molar-refractivity contribution in [3.05, 3.63) is 22.2 Å². The molecule has 1 fully saturated rings. The number of hydrogen-bond donors (Lipinski definition) is 1. The lowest BCUT2D eigenvalue weighted by atomic mass is 10.1. The summed E-state index contributed by atoms with van der Waals surface area (Å²) in [6.07, 6.45) is 5.90. The number of nitrogens with one attached hydrogen (secondary N) is 1. The predicted molar refractivity (Wildman–Crippen MR) is 61.1 cm³/mol. The number of fused-ring (bicyclic) bond motifs is 1. The molecule has 0 unspecified atom stereocenters. The minimum atomic E-state index is 0.613. The van der Waals surface area contributed by atoms with E-state index in [1.54, 1.807) is 0 Å². The first kappa shape index (κ1) is 9.48. The molecule has 1 aromatic rings. The molecule has 4 heteroatoms. The molecule has 1 N–H and O–H groups in total. The van der Waals surface area contributed by atoms with E-state index in [0.29, 0.717) is 4.77 Å². The van der Waals surface area contributed by atoms with Crippen LogP contribution in [0, 0.1) is 10.7 Å². The van der Waals surface area contributed by atoms with Crippen molar-refractivity contribution in [3.8, 4) is 0 Å². The molecule has 1 aliphatic carbocycles. The van der Waals surface area contributed by atoms with Gasteiger partial charge in [-0.05, 0) is 43.0 Å². The molecule has 80 valence electrons. The maximum absolute atomic E-state index is 5.05. The maximum Gasteiger partial charge on any atom is 0.196 e. The molecule has 0 saturated heterocycles. The van der Waals surface area contributed by atoms with Gasteiger partial charge in [-0.25, -0.2) is 4.98 Å². The Balaban J connectivity index is 1.78. The molecule has 0 radical (unpaired) electrons. The van der Waals surface area contributed by atoms with Crippen LogP contribution in [0.2, 0.25) is 0 Å². The van der Waals surface area contributed by atoms with Gasteiger partial charge in [-0.1, -0.05) is 0 Å². The molecule has 2 aliphatic rings. The van der Waals surface area contributed by atoms with E-state index in [9.17, 15) is 0 Å². The van der Waals surface area contributed by atoms with Crippen LogP contribution >= 0.6 is 12.2 Å². The Kier molecular flexibility index (Phi) is 2.33. The second-order valence-electron chi connectivity index (χ2n) is 4.62. The molecule has 3 nitrogen and oxygen atoms in total. The lowest BCUT2D eigenvalue weighted by Crippen LogP contribution is -2.33. The fraction of sp³-hybridized carbons (Fsp3) is 0.636. The van der Waals surface area contributed by atoms with Crippen molar-refractivity contribution in [2.45, 2.75) is 25.8 Å². The summed E-state index contributed by atoms with van der Waals surface area (Å²) in [6.45, 7) is 3.47. The van der Waals surface area contributed by atoms with Crippen molar-refractivity contribution >= 4 is 12.2 Å². The summed E-state index contributed by atoms with van der Waals surface area (Å²) in [6, 6.07) is 0. The van der Waals surface area contributed by atoms with Crippen LogP contribution in [0.25, 0.3) is 0 Å². The highest BCUT2D eigenvalue weighted by molar-refractivity contribution is 7.71. The molecule has 1 aliphatic heterocycles. The average molecular weight is 221 g/mol. The van der Waals surface area contributed by atoms with Gasteiger partial charge in [0.15, 0.2) is 4.77 Å². The highest BCUT2D eigenvalue weighted by Crippen LogP contribution is 2.31. The molecule has 2 heterocycles. The van der Waals surface area contributed by atoms with Gasteiger partial charge in [-0.3, -0.25) is 4.90 Å². The second-order valence-corrected chi connectivity index (χ2v) is 5.01. The standard InChI is InChI=1S/C11H15N3S/c15-11-12-5-9-3-4-14(6-8-1-2-8)7-10(9)13-11/h5,8H,1-4,6-7H2,(H,12,13,15). The van der Waals surface area contributed by atoms with Gasteiger partial charge in [0.2, 0.25) is 0 Å². The van der Waals surface area contributed by atoms with Crippen molar-refractivity contribution < 1.29 is 0 Å². The zero-order valence-corrected chi connectivity index (χ0v) is 9.52. The molecular formula is C11H15N3S. The van der Waals surface area contributed by atoms with E-state index in [2.05, 4.69) is 14.9 Å². The largest absolute Gasteiger partial charge is 0.333 e. The first-order valence-corrected chi connectivity index (χ1v) is 6.01. The molecular weight excluding hydrogens is 206 g/mol. The number of H-pyrrole nitrogens is 1. The van der Waals surface area contributed by atoms with Gasteiger partial charge in [-0.2, -0.15) is 0 Å². The van der Waals surface area contributed by atoms with Crippen molar-refractivity contribution in [2.24, 2.45) is 5.92 Å². The Morgan fingerprint density at radius 2 is 2.40 bits per heavy atom. The van der Waals surface area contributed by atoms with E-state index < -0.39 is 0 Å². The summed E-state index contributed by atoms with van der Waals surface area (Å²) in [7, 11) is 0.